The van der Waals surface area contributed by atoms with E-state index in [0.717, 1.165) is 31.6 Å². The lowest BCUT2D eigenvalue weighted by molar-refractivity contribution is -0.120. The van der Waals surface area contributed by atoms with Crippen molar-refractivity contribution < 1.29 is 9.90 Å². The molecule has 18 heavy (non-hydrogen) atoms. The van der Waals surface area contributed by atoms with Crippen molar-refractivity contribution in [1.29, 1.82) is 5.26 Å². The van der Waals surface area contributed by atoms with Gasteiger partial charge in [0.25, 0.3) is 0 Å². The number of aliphatic hydroxyl groups is 1. The molecular formula is C13H23N3O2. The maximum atomic E-state index is 11.2. The Morgan fingerprint density at radius 3 is 2.72 bits per heavy atom. The molecule has 0 spiro atoms. The molecule has 0 aromatic carbocycles. The van der Waals surface area contributed by atoms with E-state index >= 15 is 0 Å². The van der Waals surface area contributed by atoms with E-state index < -0.39 is 5.60 Å². The largest absolute Gasteiger partial charge is 0.389 e. The second-order valence-corrected chi connectivity index (χ2v) is 5.11. The van der Waals surface area contributed by atoms with E-state index in [2.05, 4.69) is 17.6 Å². The molecule has 5 heteroatoms. The summed E-state index contributed by atoms with van der Waals surface area (Å²) in [6.07, 6.45) is 4.92. The Balaban J connectivity index is 2.19. The summed E-state index contributed by atoms with van der Waals surface area (Å²) in [5, 5.41) is 24.1. The van der Waals surface area contributed by atoms with E-state index in [1.54, 1.807) is 0 Å². The van der Waals surface area contributed by atoms with Gasteiger partial charge in [-0.05, 0) is 31.6 Å². The smallest absolute Gasteiger partial charge is 0.234 e. The highest BCUT2D eigenvalue weighted by Gasteiger charge is 2.32. The third kappa shape index (κ3) is 5.03. The number of nitrogens with zero attached hydrogens (tertiary/aromatic N) is 1. The van der Waals surface area contributed by atoms with Gasteiger partial charge >= 0.3 is 0 Å². The fourth-order valence-corrected chi connectivity index (χ4v) is 2.41. The fourth-order valence-electron chi connectivity index (χ4n) is 2.41. The Morgan fingerprint density at radius 1 is 1.50 bits per heavy atom. The molecule has 0 bridgehead atoms. The summed E-state index contributed by atoms with van der Waals surface area (Å²) in [5.41, 5.74) is -0.665. The van der Waals surface area contributed by atoms with Gasteiger partial charge in [0, 0.05) is 6.54 Å². The average molecular weight is 253 g/mol. The van der Waals surface area contributed by atoms with Crippen LogP contribution in [0, 0.1) is 17.2 Å². The fraction of sp³-hybridized carbons (Fsp3) is 0.846. The first kappa shape index (κ1) is 14.9. The first-order valence-corrected chi connectivity index (χ1v) is 6.66. The number of hydrogen-bond acceptors (Lipinski definition) is 4. The van der Waals surface area contributed by atoms with E-state index in [4.69, 9.17) is 5.26 Å². The lowest BCUT2D eigenvalue weighted by atomic mass is 9.78. The molecule has 0 aromatic rings. The van der Waals surface area contributed by atoms with Crippen LogP contribution in [-0.2, 0) is 4.79 Å². The molecule has 0 heterocycles. The van der Waals surface area contributed by atoms with Crippen molar-refractivity contribution in [3.05, 3.63) is 0 Å². The number of nitriles is 1. The van der Waals surface area contributed by atoms with Crippen molar-refractivity contribution >= 4 is 5.91 Å². The molecule has 5 nitrogen and oxygen atoms in total. The summed E-state index contributed by atoms with van der Waals surface area (Å²) in [6.45, 7) is 2.82. The number of nitrogens with one attached hydrogen (secondary N) is 2. The number of amides is 1. The minimum absolute atomic E-state index is 0.0307. The van der Waals surface area contributed by atoms with Gasteiger partial charge in [0.15, 0.2) is 0 Å². The molecule has 102 valence electrons. The van der Waals surface area contributed by atoms with E-state index in [1.165, 1.54) is 6.42 Å². The minimum atomic E-state index is -0.665. The summed E-state index contributed by atoms with van der Waals surface area (Å²) in [6, 6.07) is 1.85. The Kier molecular flexibility index (Phi) is 6.10. The summed E-state index contributed by atoms with van der Waals surface area (Å²) < 4.78 is 0. The van der Waals surface area contributed by atoms with Crippen LogP contribution in [-0.4, -0.2) is 36.2 Å². The Hall–Kier alpha value is -1.12. The summed E-state index contributed by atoms with van der Waals surface area (Å²) >= 11 is 0. The SMILES string of the molecule is CCC1CCC(O)(CNCC(=O)NCC#N)CC1. The zero-order valence-corrected chi connectivity index (χ0v) is 11.0. The molecule has 3 N–H and O–H groups in total. The van der Waals surface area contributed by atoms with Gasteiger partial charge in [-0.1, -0.05) is 13.3 Å². The molecule has 1 saturated carbocycles. The predicted molar refractivity (Wildman–Crippen MR) is 68.7 cm³/mol. The number of carbonyl (C=O) groups is 1. The molecule has 1 amide bonds. The zero-order chi connectivity index (χ0) is 13.4. The zero-order valence-electron chi connectivity index (χ0n) is 11.0. The second kappa shape index (κ2) is 7.34. The monoisotopic (exact) mass is 253 g/mol. The van der Waals surface area contributed by atoms with Crippen molar-refractivity contribution in [3.8, 4) is 6.07 Å². The highest BCUT2D eigenvalue weighted by molar-refractivity contribution is 5.78. The molecule has 0 aromatic heterocycles. The van der Waals surface area contributed by atoms with Crippen LogP contribution in [0.5, 0.6) is 0 Å². The second-order valence-electron chi connectivity index (χ2n) is 5.11. The van der Waals surface area contributed by atoms with Gasteiger partial charge in [-0.2, -0.15) is 5.26 Å². The highest BCUT2D eigenvalue weighted by atomic mass is 16.3. The van der Waals surface area contributed by atoms with Crippen LogP contribution in [0.3, 0.4) is 0 Å². The lowest BCUT2D eigenvalue weighted by Crippen LogP contribution is -2.46. The van der Waals surface area contributed by atoms with E-state index in [0.29, 0.717) is 6.54 Å². The molecule has 0 unspecified atom stereocenters. The topological polar surface area (TPSA) is 85.2 Å². The molecule has 1 rings (SSSR count). The number of carbonyl (C=O) groups excluding carboxylic acids is 1. The van der Waals surface area contributed by atoms with E-state index in [9.17, 15) is 9.90 Å². The molecular weight excluding hydrogens is 230 g/mol. The average Bonchev–Trinajstić information content (AvgIpc) is 2.37. The minimum Gasteiger partial charge on any atom is -0.389 e. The van der Waals surface area contributed by atoms with E-state index in [1.807, 2.05) is 6.07 Å². The molecule has 0 saturated heterocycles. The Labute approximate surface area is 109 Å². The van der Waals surface area contributed by atoms with Crippen LogP contribution < -0.4 is 10.6 Å². The highest BCUT2D eigenvalue weighted by Crippen LogP contribution is 2.33. The molecule has 1 aliphatic carbocycles. The maximum absolute atomic E-state index is 11.2. The third-order valence-corrected chi connectivity index (χ3v) is 3.72. The summed E-state index contributed by atoms with van der Waals surface area (Å²) in [7, 11) is 0. The van der Waals surface area contributed by atoms with Gasteiger partial charge in [0.2, 0.25) is 5.91 Å². The van der Waals surface area contributed by atoms with Crippen LogP contribution in [0.4, 0.5) is 0 Å². The van der Waals surface area contributed by atoms with Gasteiger partial charge in [-0.15, -0.1) is 0 Å². The van der Waals surface area contributed by atoms with Gasteiger partial charge in [-0.3, -0.25) is 4.79 Å². The first-order valence-electron chi connectivity index (χ1n) is 6.66. The number of hydrogen-bond donors (Lipinski definition) is 3. The lowest BCUT2D eigenvalue weighted by Gasteiger charge is -2.35. The Morgan fingerprint density at radius 2 is 2.17 bits per heavy atom. The van der Waals surface area contributed by atoms with Crippen molar-refractivity contribution in [2.45, 2.75) is 44.6 Å². The van der Waals surface area contributed by atoms with Crippen LogP contribution >= 0.6 is 0 Å². The van der Waals surface area contributed by atoms with Gasteiger partial charge in [0.05, 0.1) is 18.2 Å². The first-order chi connectivity index (χ1) is 8.59. The number of rotatable bonds is 6. The van der Waals surface area contributed by atoms with Gasteiger partial charge < -0.3 is 15.7 Å². The maximum Gasteiger partial charge on any atom is 0.234 e. The van der Waals surface area contributed by atoms with Crippen molar-refractivity contribution in [1.82, 2.24) is 10.6 Å². The van der Waals surface area contributed by atoms with Crippen LogP contribution in [0.15, 0.2) is 0 Å². The molecule has 0 radical (unpaired) electrons. The van der Waals surface area contributed by atoms with Crippen LogP contribution in [0.1, 0.15) is 39.0 Å². The van der Waals surface area contributed by atoms with Gasteiger partial charge in [-0.25, -0.2) is 0 Å². The van der Waals surface area contributed by atoms with Gasteiger partial charge in [0.1, 0.15) is 6.54 Å². The molecule has 0 aliphatic heterocycles. The summed E-state index contributed by atoms with van der Waals surface area (Å²) in [4.78, 5) is 11.2. The third-order valence-electron chi connectivity index (χ3n) is 3.72. The summed E-state index contributed by atoms with van der Waals surface area (Å²) in [5.74, 6) is 0.534. The van der Waals surface area contributed by atoms with Crippen molar-refractivity contribution in [2.75, 3.05) is 19.6 Å². The van der Waals surface area contributed by atoms with E-state index in [-0.39, 0.29) is 19.0 Å². The normalized spacial score (nSPS) is 27.5. The standard InChI is InChI=1S/C13H23N3O2/c1-2-11-3-5-13(18,6-4-11)10-15-9-12(17)16-8-7-14/h11,15,18H,2-6,8-10H2,1H3,(H,16,17). The van der Waals surface area contributed by atoms with Crippen molar-refractivity contribution in [3.63, 3.8) is 0 Å². The molecule has 1 fully saturated rings. The predicted octanol–water partition coefficient (Wildman–Crippen LogP) is 0.547. The quantitative estimate of drug-likeness (QED) is 0.603. The Bertz CT molecular complexity index is 304. The van der Waals surface area contributed by atoms with Crippen LogP contribution in [0.2, 0.25) is 0 Å². The molecule has 0 atom stereocenters. The van der Waals surface area contributed by atoms with Crippen molar-refractivity contribution in [2.24, 2.45) is 5.92 Å². The molecule has 1 aliphatic rings. The van der Waals surface area contributed by atoms with Crippen LogP contribution in [0.25, 0.3) is 0 Å².